The Morgan fingerprint density at radius 3 is 2.48 bits per heavy atom. The minimum absolute atomic E-state index is 0.0771. The SMILES string of the molecule is O=C(NNC(=O)[C@@H]1COc2ccccc2O1)c1ccccc1Br. The van der Waals surface area contributed by atoms with Crippen LogP contribution in [-0.4, -0.2) is 24.5 Å². The largest absolute Gasteiger partial charge is 0.485 e. The van der Waals surface area contributed by atoms with Crippen LogP contribution in [0.5, 0.6) is 11.5 Å². The molecule has 2 amide bonds. The van der Waals surface area contributed by atoms with Crippen molar-refractivity contribution in [2.24, 2.45) is 0 Å². The average molecular weight is 377 g/mol. The fourth-order valence-electron chi connectivity index (χ4n) is 2.06. The summed E-state index contributed by atoms with van der Waals surface area (Å²) >= 11 is 3.28. The number of halogens is 1. The molecule has 0 saturated carbocycles. The Morgan fingerprint density at radius 2 is 1.70 bits per heavy atom. The van der Waals surface area contributed by atoms with E-state index in [2.05, 4.69) is 26.8 Å². The highest BCUT2D eigenvalue weighted by Gasteiger charge is 2.27. The fraction of sp³-hybridized carbons (Fsp3) is 0.125. The van der Waals surface area contributed by atoms with Crippen LogP contribution in [0.1, 0.15) is 10.4 Å². The van der Waals surface area contributed by atoms with Crippen molar-refractivity contribution in [3.05, 3.63) is 58.6 Å². The normalized spacial score (nSPS) is 15.6. The van der Waals surface area contributed by atoms with Gasteiger partial charge in [0.1, 0.15) is 6.61 Å². The van der Waals surface area contributed by atoms with Crippen molar-refractivity contribution in [1.29, 1.82) is 0 Å². The Hall–Kier alpha value is -2.54. The molecule has 1 aliphatic rings. The van der Waals surface area contributed by atoms with E-state index in [-0.39, 0.29) is 6.61 Å². The smallest absolute Gasteiger partial charge is 0.283 e. The van der Waals surface area contributed by atoms with Crippen molar-refractivity contribution < 1.29 is 19.1 Å². The van der Waals surface area contributed by atoms with E-state index in [1.165, 1.54) is 0 Å². The molecule has 0 unspecified atom stereocenters. The Balaban J connectivity index is 1.58. The predicted molar refractivity (Wildman–Crippen MR) is 86.1 cm³/mol. The number of amides is 2. The maximum absolute atomic E-state index is 12.1. The molecule has 2 N–H and O–H groups in total. The first kappa shape index (κ1) is 15.4. The quantitative estimate of drug-likeness (QED) is 0.786. The first-order chi connectivity index (χ1) is 11.1. The summed E-state index contributed by atoms with van der Waals surface area (Å²) in [5.41, 5.74) is 5.12. The van der Waals surface area contributed by atoms with Crippen LogP contribution in [0.2, 0.25) is 0 Å². The molecule has 7 heteroatoms. The van der Waals surface area contributed by atoms with Gasteiger partial charge in [-0.3, -0.25) is 20.4 Å². The summed E-state index contributed by atoms with van der Waals surface area (Å²) in [6.45, 7) is 0.0771. The Bertz CT molecular complexity index is 750. The summed E-state index contributed by atoms with van der Waals surface area (Å²) in [4.78, 5) is 24.1. The van der Waals surface area contributed by atoms with E-state index in [1.807, 2.05) is 6.07 Å². The molecule has 6 nitrogen and oxygen atoms in total. The van der Waals surface area contributed by atoms with Gasteiger partial charge in [-0.15, -0.1) is 0 Å². The van der Waals surface area contributed by atoms with E-state index in [1.54, 1.807) is 42.5 Å². The lowest BCUT2D eigenvalue weighted by molar-refractivity contribution is -0.131. The lowest BCUT2D eigenvalue weighted by atomic mass is 10.2. The lowest BCUT2D eigenvalue weighted by Crippen LogP contribution is -2.50. The van der Waals surface area contributed by atoms with Crippen molar-refractivity contribution in [3.8, 4) is 11.5 Å². The molecule has 0 saturated heterocycles. The molecule has 0 aliphatic carbocycles. The van der Waals surface area contributed by atoms with Crippen LogP contribution >= 0.6 is 15.9 Å². The van der Waals surface area contributed by atoms with Gasteiger partial charge in [0.25, 0.3) is 11.8 Å². The highest BCUT2D eigenvalue weighted by molar-refractivity contribution is 9.10. The molecule has 0 aromatic heterocycles. The molecule has 0 fully saturated rings. The second kappa shape index (κ2) is 6.70. The highest BCUT2D eigenvalue weighted by Crippen LogP contribution is 2.30. The van der Waals surface area contributed by atoms with E-state index < -0.39 is 17.9 Å². The Kier molecular flexibility index (Phi) is 4.47. The van der Waals surface area contributed by atoms with Gasteiger partial charge < -0.3 is 9.47 Å². The molecule has 0 bridgehead atoms. The number of hydrogen-bond donors (Lipinski definition) is 2. The number of carbonyl (C=O) groups is 2. The van der Waals surface area contributed by atoms with E-state index in [4.69, 9.17) is 9.47 Å². The number of carbonyl (C=O) groups excluding carboxylic acids is 2. The molecule has 118 valence electrons. The standard InChI is InChI=1S/C16H13BrN2O4/c17-11-6-2-1-5-10(11)15(20)18-19-16(21)14-9-22-12-7-3-4-8-13(12)23-14/h1-8,14H,9H2,(H,18,20)(H,19,21)/t14-/m0/s1. The maximum atomic E-state index is 12.1. The minimum atomic E-state index is -0.829. The second-order valence-electron chi connectivity index (χ2n) is 4.79. The third kappa shape index (κ3) is 3.45. The number of hydrogen-bond acceptors (Lipinski definition) is 4. The number of nitrogens with one attached hydrogen (secondary N) is 2. The molecule has 2 aromatic carbocycles. The lowest BCUT2D eigenvalue weighted by Gasteiger charge is -2.25. The van der Waals surface area contributed by atoms with Crippen molar-refractivity contribution in [2.45, 2.75) is 6.10 Å². The molecule has 2 aromatic rings. The topological polar surface area (TPSA) is 76.7 Å². The summed E-state index contributed by atoms with van der Waals surface area (Å²) in [6.07, 6.45) is -0.829. The first-order valence-corrected chi connectivity index (χ1v) is 7.67. The zero-order valence-corrected chi connectivity index (χ0v) is 13.5. The monoisotopic (exact) mass is 376 g/mol. The zero-order chi connectivity index (χ0) is 16.2. The molecule has 23 heavy (non-hydrogen) atoms. The van der Waals surface area contributed by atoms with Gasteiger partial charge in [0.15, 0.2) is 11.5 Å². The number of fused-ring (bicyclic) bond motifs is 1. The van der Waals surface area contributed by atoms with Crippen molar-refractivity contribution in [1.82, 2.24) is 10.9 Å². The zero-order valence-electron chi connectivity index (χ0n) is 11.9. The average Bonchev–Trinajstić information content (AvgIpc) is 2.59. The summed E-state index contributed by atoms with van der Waals surface area (Å²) in [5, 5.41) is 0. The molecular formula is C16H13BrN2O4. The van der Waals surface area contributed by atoms with E-state index >= 15 is 0 Å². The molecular weight excluding hydrogens is 364 g/mol. The summed E-state index contributed by atoms with van der Waals surface area (Å²) in [7, 11) is 0. The van der Waals surface area contributed by atoms with Gasteiger partial charge in [-0.05, 0) is 40.2 Å². The Morgan fingerprint density at radius 1 is 1.00 bits per heavy atom. The summed E-state index contributed by atoms with van der Waals surface area (Å²) in [5.74, 6) is 0.174. The van der Waals surface area contributed by atoms with E-state index in [0.717, 1.165) is 0 Å². The van der Waals surface area contributed by atoms with Crippen LogP contribution in [0.3, 0.4) is 0 Å². The highest BCUT2D eigenvalue weighted by atomic mass is 79.9. The molecule has 3 rings (SSSR count). The van der Waals surface area contributed by atoms with Gasteiger partial charge in [-0.2, -0.15) is 0 Å². The Labute approximate surface area is 140 Å². The number of para-hydroxylation sites is 2. The van der Waals surface area contributed by atoms with E-state index in [0.29, 0.717) is 21.5 Å². The number of hydrazine groups is 1. The molecule has 1 aliphatic heterocycles. The number of benzene rings is 2. The van der Waals surface area contributed by atoms with Gasteiger partial charge in [0.2, 0.25) is 6.10 Å². The van der Waals surface area contributed by atoms with Crippen molar-refractivity contribution in [3.63, 3.8) is 0 Å². The van der Waals surface area contributed by atoms with Gasteiger partial charge >= 0.3 is 0 Å². The van der Waals surface area contributed by atoms with Crippen LogP contribution in [0.15, 0.2) is 53.0 Å². The second-order valence-corrected chi connectivity index (χ2v) is 5.64. The molecule has 1 atom stereocenters. The van der Waals surface area contributed by atoms with Crippen LogP contribution in [0.4, 0.5) is 0 Å². The third-order valence-electron chi connectivity index (χ3n) is 3.22. The molecule has 0 radical (unpaired) electrons. The summed E-state index contributed by atoms with van der Waals surface area (Å²) < 4.78 is 11.7. The van der Waals surface area contributed by atoms with Crippen LogP contribution in [-0.2, 0) is 4.79 Å². The van der Waals surface area contributed by atoms with Crippen LogP contribution in [0, 0.1) is 0 Å². The predicted octanol–water partition coefficient (Wildman–Crippen LogP) is 2.05. The van der Waals surface area contributed by atoms with Crippen molar-refractivity contribution in [2.75, 3.05) is 6.61 Å². The first-order valence-electron chi connectivity index (χ1n) is 6.88. The van der Waals surface area contributed by atoms with Gasteiger partial charge in [-0.1, -0.05) is 24.3 Å². The van der Waals surface area contributed by atoms with Gasteiger partial charge in [0, 0.05) is 4.47 Å². The minimum Gasteiger partial charge on any atom is -0.485 e. The number of rotatable bonds is 2. The fourth-order valence-corrected chi connectivity index (χ4v) is 2.53. The summed E-state index contributed by atoms with van der Waals surface area (Å²) in [6, 6.07) is 14.0. The van der Waals surface area contributed by atoms with Crippen molar-refractivity contribution >= 4 is 27.7 Å². The molecule has 0 spiro atoms. The molecule has 1 heterocycles. The van der Waals surface area contributed by atoms with Crippen LogP contribution < -0.4 is 20.3 Å². The maximum Gasteiger partial charge on any atom is 0.283 e. The number of ether oxygens (including phenoxy) is 2. The van der Waals surface area contributed by atoms with E-state index in [9.17, 15) is 9.59 Å². The third-order valence-corrected chi connectivity index (χ3v) is 3.91. The van der Waals surface area contributed by atoms with Gasteiger partial charge in [0.05, 0.1) is 5.56 Å². The van der Waals surface area contributed by atoms with Crippen LogP contribution in [0.25, 0.3) is 0 Å². The van der Waals surface area contributed by atoms with Gasteiger partial charge in [-0.25, -0.2) is 0 Å².